The molecule has 22 heteroatoms. The van der Waals surface area contributed by atoms with Crippen LogP contribution in [-0.2, 0) is 47.8 Å². The van der Waals surface area contributed by atoms with Gasteiger partial charge in [-0.1, -0.05) is 102 Å². The summed E-state index contributed by atoms with van der Waals surface area (Å²) in [5, 5.41) is 30.2. The molecule has 0 unspecified atom stereocenters. The van der Waals surface area contributed by atoms with Crippen LogP contribution < -0.4 is 5.32 Å². The van der Waals surface area contributed by atoms with E-state index in [1.807, 2.05) is 0 Å². The molecule has 2 saturated carbocycles. The Bertz CT molecular complexity index is 1560. The van der Waals surface area contributed by atoms with Crippen LogP contribution in [0.2, 0.25) is 0 Å². The Morgan fingerprint density at radius 1 is 0.641 bits per heavy atom. The van der Waals surface area contributed by atoms with E-state index >= 15 is 0 Å². The minimum absolute atomic E-state index is 0.00498. The minimum Gasteiger partial charge on any atom is -0.479 e. The molecule has 4 aliphatic rings. The lowest BCUT2D eigenvalue weighted by atomic mass is 9.96. The van der Waals surface area contributed by atoms with Gasteiger partial charge in [0.25, 0.3) is 0 Å². The van der Waals surface area contributed by atoms with E-state index in [1.54, 1.807) is 39.5 Å². The summed E-state index contributed by atoms with van der Waals surface area (Å²) < 4.78 is 11.9. The van der Waals surface area contributed by atoms with Crippen LogP contribution in [0.15, 0.2) is 0 Å². The fourth-order valence-electron chi connectivity index (χ4n) is 7.91. The number of hydrogen-bond donors (Lipinski definition) is 4. The lowest BCUT2D eigenvalue weighted by Gasteiger charge is -2.33. The predicted molar refractivity (Wildman–Crippen MR) is 242 cm³/mol. The van der Waals surface area contributed by atoms with Crippen molar-refractivity contribution in [2.75, 3.05) is 39.4 Å². The molecular weight excluding hydrogens is 967 g/mol. The predicted octanol–water partition coefficient (Wildman–Crippen LogP) is 6.32. The van der Waals surface area contributed by atoms with Crippen molar-refractivity contribution in [2.24, 2.45) is 29.6 Å². The van der Waals surface area contributed by atoms with Gasteiger partial charge in [0.2, 0.25) is 25.3 Å². The third-order valence-electron chi connectivity index (χ3n) is 11.1. The summed E-state index contributed by atoms with van der Waals surface area (Å²) in [6.45, 7) is 9.31. The van der Waals surface area contributed by atoms with Crippen LogP contribution in [-0.4, -0.2) is 138 Å². The first kappa shape index (κ1) is 58.1. The maximum Gasteiger partial charge on any atom is 0.332 e. The minimum atomic E-state index is -1.68. The molecule has 0 aromatic heterocycles. The molecule has 2 aliphatic heterocycles. The molecule has 368 valence electrons. The molecule has 4 fully saturated rings. The number of rotatable bonds is 13. The molecule has 0 bridgehead atoms. The average molecular weight is 1030 g/mol. The number of carbonyl (C=O) groups is 7. The van der Waals surface area contributed by atoms with Crippen LogP contribution in [0.1, 0.15) is 118 Å². The number of amides is 3. The number of aliphatic hydroxyl groups excluding tert-OH is 2. The normalized spacial score (nSPS) is 21.7. The summed E-state index contributed by atoms with van der Waals surface area (Å²) in [5.41, 5.74) is -0.595. The molecule has 0 spiro atoms. The Hall–Kier alpha value is -2.05. The smallest absolute Gasteiger partial charge is 0.332 e. The number of nitrogens with zero attached hydrogens (tertiary/aromatic N) is 2. The Kier molecular flexibility index (Phi) is 24.6. The molecule has 0 aromatic rings. The summed E-state index contributed by atoms with van der Waals surface area (Å²) in [6, 6.07) is -0.792. The Labute approximate surface area is 405 Å². The van der Waals surface area contributed by atoms with Crippen molar-refractivity contribution in [3.05, 3.63) is 0 Å². The summed E-state index contributed by atoms with van der Waals surface area (Å²) in [6.07, 6.45) is 7.77. The van der Waals surface area contributed by atoms with Gasteiger partial charge >= 0.3 is 23.9 Å². The van der Waals surface area contributed by atoms with Gasteiger partial charge in [0.05, 0.1) is 18.3 Å². The van der Waals surface area contributed by atoms with Gasteiger partial charge in [0.15, 0.2) is 6.10 Å². The van der Waals surface area contributed by atoms with Crippen molar-refractivity contribution in [2.45, 2.75) is 150 Å². The van der Waals surface area contributed by atoms with Crippen LogP contribution in [0, 0.1) is 29.6 Å². The van der Waals surface area contributed by atoms with Crippen LogP contribution in [0.25, 0.3) is 0 Å². The summed E-state index contributed by atoms with van der Waals surface area (Å²) in [4.78, 5) is 87.0. The molecular formula is C42H65Cl6N3O13. The lowest BCUT2D eigenvalue weighted by molar-refractivity contribution is -0.159. The molecule has 4 N–H and O–H groups in total. The van der Waals surface area contributed by atoms with E-state index in [9.17, 15) is 38.7 Å². The number of ether oxygens (including phenoxy) is 3. The van der Waals surface area contributed by atoms with Gasteiger partial charge in [-0.05, 0) is 90.9 Å². The molecule has 2 heterocycles. The first-order valence-electron chi connectivity index (χ1n) is 21.7. The maximum atomic E-state index is 12.7. The number of nitrogens with one attached hydrogen (secondary N) is 1. The number of carboxylic acid groups (broad SMARTS) is 1. The van der Waals surface area contributed by atoms with E-state index in [0.717, 1.165) is 51.4 Å². The van der Waals surface area contributed by atoms with Crippen molar-refractivity contribution in [3.8, 4) is 0 Å². The summed E-state index contributed by atoms with van der Waals surface area (Å²) >= 11 is 33.5. The first-order chi connectivity index (χ1) is 29.6. The topological polar surface area (TPSA) is 226 Å². The third-order valence-corrected chi connectivity index (χ3v) is 11.8. The fourth-order valence-corrected chi connectivity index (χ4v) is 8.24. The molecule has 2 aliphatic carbocycles. The van der Waals surface area contributed by atoms with E-state index in [0.29, 0.717) is 38.8 Å². The van der Waals surface area contributed by atoms with Gasteiger partial charge in [-0.2, -0.15) is 0 Å². The van der Waals surface area contributed by atoms with Crippen LogP contribution in [0.3, 0.4) is 0 Å². The number of aliphatic hydroxyl groups is 2. The number of aliphatic carboxylic acids is 1. The van der Waals surface area contributed by atoms with Crippen molar-refractivity contribution < 1.29 is 63.1 Å². The van der Waals surface area contributed by atoms with Crippen LogP contribution >= 0.6 is 69.6 Å². The molecule has 16 nitrogen and oxygen atoms in total. The number of piperidine rings is 2. The summed E-state index contributed by atoms with van der Waals surface area (Å²) in [5.74, 6) is -5.05. The standard InChI is InChI=1S/C18H27Cl3N2O5.C17H26Cl3NO5.C7H12O3/c1-11(22-15(25)14(24)12-5-2-3-6-12)16(26)23-8-4-7-13(9-23)17(27)28-10-18(19,20)21;1-11(8-13(22)26-16(2,3)4)14(23)21-7-5-6-12(9-21)15(24)25-10-17(18,19)20;8-6(7(9)10)5-3-1-2-4-5/h11-14,24H,2-10H2,1H3,(H,22,25);11-12H,5-10H2,1-4H3;5-6,8H,1-4H2,(H,9,10)/t11-,13+,14-;11-,12-;6-/m010/s1. The van der Waals surface area contributed by atoms with E-state index < -0.39 is 79.0 Å². The average Bonchev–Trinajstić information content (AvgIpc) is 3.96. The molecule has 3 amide bonds. The van der Waals surface area contributed by atoms with Crippen LogP contribution in [0.4, 0.5) is 0 Å². The Balaban J connectivity index is 0.000000363. The molecule has 64 heavy (non-hydrogen) atoms. The molecule has 0 aromatic carbocycles. The van der Waals surface area contributed by atoms with E-state index in [1.165, 1.54) is 4.90 Å². The zero-order chi connectivity index (χ0) is 48.6. The number of carbonyl (C=O) groups excluding carboxylic acids is 6. The second-order valence-corrected chi connectivity index (χ2v) is 23.0. The van der Waals surface area contributed by atoms with Gasteiger partial charge < -0.3 is 44.6 Å². The van der Waals surface area contributed by atoms with E-state index in [4.69, 9.17) is 94.0 Å². The highest BCUT2D eigenvalue weighted by Gasteiger charge is 2.37. The quantitative estimate of drug-likeness (QED) is 0.0901. The largest absolute Gasteiger partial charge is 0.479 e. The first-order valence-corrected chi connectivity index (χ1v) is 24.0. The number of alkyl halides is 6. The Morgan fingerprint density at radius 2 is 1.05 bits per heavy atom. The molecule has 4 rings (SSSR count). The molecule has 0 radical (unpaired) electrons. The van der Waals surface area contributed by atoms with Crippen molar-refractivity contribution in [1.82, 2.24) is 15.1 Å². The maximum absolute atomic E-state index is 12.7. The van der Waals surface area contributed by atoms with Crippen molar-refractivity contribution in [1.29, 1.82) is 0 Å². The Morgan fingerprint density at radius 3 is 1.44 bits per heavy atom. The summed E-state index contributed by atoms with van der Waals surface area (Å²) in [7, 11) is 0. The highest BCUT2D eigenvalue weighted by molar-refractivity contribution is 6.68. The van der Waals surface area contributed by atoms with E-state index in [-0.39, 0.29) is 56.4 Å². The van der Waals surface area contributed by atoms with Gasteiger partial charge in [-0.25, -0.2) is 4.79 Å². The van der Waals surface area contributed by atoms with E-state index in [2.05, 4.69) is 5.32 Å². The number of hydrogen-bond acceptors (Lipinski definition) is 12. The van der Waals surface area contributed by atoms with Gasteiger partial charge in [-0.3, -0.25) is 28.8 Å². The zero-order valence-electron chi connectivity index (χ0n) is 37.1. The second-order valence-electron chi connectivity index (χ2n) is 17.9. The number of carboxylic acids is 1. The molecule has 6 atom stereocenters. The van der Waals surface area contributed by atoms with Gasteiger partial charge in [-0.15, -0.1) is 0 Å². The van der Waals surface area contributed by atoms with Gasteiger partial charge in [0, 0.05) is 32.1 Å². The highest BCUT2D eigenvalue weighted by atomic mass is 35.6. The second kappa shape index (κ2) is 27.1. The number of likely N-dealkylation sites (tertiary alicyclic amines) is 2. The van der Waals surface area contributed by atoms with Crippen molar-refractivity contribution >= 4 is 111 Å². The monoisotopic (exact) mass is 1030 g/mol. The highest BCUT2D eigenvalue weighted by Crippen LogP contribution is 2.31. The molecule has 2 saturated heterocycles. The van der Waals surface area contributed by atoms with Crippen LogP contribution in [0.5, 0.6) is 0 Å². The van der Waals surface area contributed by atoms with Crippen molar-refractivity contribution in [3.63, 3.8) is 0 Å². The lowest BCUT2D eigenvalue weighted by Crippen LogP contribution is -2.53. The number of halogens is 6. The third kappa shape index (κ3) is 22.2. The number of esters is 3. The van der Waals surface area contributed by atoms with Gasteiger partial charge in [0.1, 0.15) is 31.0 Å². The fraction of sp³-hybridized carbons (Fsp3) is 0.833. The SMILES string of the molecule is C[C@H](CC(=O)OC(C)(C)C)C(=O)N1CCC[C@@H](C(=O)OCC(Cl)(Cl)Cl)C1.C[C@H](NC(=O)[C@@H](O)C1CCCC1)C(=O)N1CCC[C@@H](C(=O)OCC(Cl)(Cl)Cl)C1.O=C(O)[C@@H](O)C1CCCC1. The zero-order valence-corrected chi connectivity index (χ0v) is 41.7.